The van der Waals surface area contributed by atoms with Crippen molar-refractivity contribution in [1.82, 2.24) is 9.88 Å². The molecule has 1 amide bonds. The van der Waals surface area contributed by atoms with E-state index < -0.39 is 5.60 Å². The highest BCUT2D eigenvalue weighted by molar-refractivity contribution is 5.94. The molecule has 1 aliphatic rings. The molecular weight excluding hydrogens is 320 g/mol. The number of aromatic nitrogens is 1. The Morgan fingerprint density at radius 2 is 2.16 bits per heavy atom. The zero-order valence-electron chi connectivity index (χ0n) is 14.4. The van der Waals surface area contributed by atoms with Gasteiger partial charge in [-0.2, -0.15) is 0 Å². The maximum absolute atomic E-state index is 12.6. The summed E-state index contributed by atoms with van der Waals surface area (Å²) < 4.78 is 10.8. The minimum absolute atomic E-state index is 0.146. The molecule has 2 aromatic rings. The number of nitrogens with zero attached hydrogens (tertiary/aromatic N) is 2. The van der Waals surface area contributed by atoms with E-state index in [1.807, 2.05) is 31.2 Å². The average Bonchev–Trinajstić information content (AvgIpc) is 3.03. The van der Waals surface area contributed by atoms with Crippen LogP contribution in [0.4, 0.5) is 0 Å². The summed E-state index contributed by atoms with van der Waals surface area (Å²) in [6, 6.07) is 10.9. The number of ether oxygens (including phenoxy) is 2. The van der Waals surface area contributed by atoms with Crippen molar-refractivity contribution in [2.24, 2.45) is 0 Å². The smallest absolute Gasteiger partial charge is 0.254 e. The van der Waals surface area contributed by atoms with Crippen molar-refractivity contribution in [2.75, 3.05) is 26.8 Å². The first-order valence-electron chi connectivity index (χ1n) is 8.21. The van der Waals surface area contributed by atoms with Crippen LogP contribution in [0.3, 0.4) is 0 Å². The molecule has 0 spiro atoms. The number of rotatable bonds is 5. The number of hydrogen-bond donors (Lipinski definition) is 1. The van der Waals surface area contributed by atoms with Crippen molar-refractivity contribution in [3.05, 3.63) is 53.7 Å². The van der Waals surface area contributed by atoms with Crippen LogP contribution in [-0.4, -0.2) is 53.3 Å². The van der Waals surface area contributed by atoms with Crippen LogP contribution in [0.25, 0.3) is 0 Å². The van der Waals surface area contributed by atoms with Crippen LogP contribution in [0.15, 0.2) is 42.6 Å². The number of aliphatic hydroxyl groups is 1. The largest absolute Gasteiger partial charge is 0.490 e. The number of carbonyl (C=O) groups excluding carboxylic acids is 1. The molecule has 3 rings (SSSR count). The molecule has 0 unspecified atom stereocenters. The maximum atomic E-state index is 12.6. The van der Waals surface area contributed by atoms with E-state index in [2.05, 4.69) is 4.98 Å². The second-order valence-electron chi connectivity index (χ2n) is 6.34. The summed E-state index contributed by atoms with van der Waals surface area (Å²) in [5.74, 6) is 0.996. The minimum Gasteiger partial charge on any atom is -0.490 e. The number of benzene rings is 1. The van der Waals surface area contributed by atoms with Crippen molar-refractivity contribution in [2.45, 2.75) is 18.9 Å². The fourth-order valence-corrected chi connectivity index (χ4v) is 2.91. The van der Waals surface area contributed by atoms with Crippen LogP contribution in [-0.2, 0) is 0 Å². The number of β-amino-alcohol motifs (C(OH)–C–C–N with tert-alkyl or cyclic N) is 1. The van der Waals surface area contributed by atoms with E-state index in [-0.39, 0.29) is 19.1 Å². The lowest BCUT2D eigenvalue weighted by atomic mass is 10.1. The lowest BCUT2D eigenvalue weighted by molar-refractivity contribution is 0.00412. The van der Waals surface area contributed by atoms with Crippen molar-refractivity contribution in [3.63, 3.8) is 0 Å². The van der Waals surface area contributed by atoms with Crippen LogP contribution in [0.2, 0.25) is 0 Å². The number of methoxy groups -OCH3 is 1. The summed E-state index contributed by atoms with van der Waals surface area (Å²) >= 11 is 0. The quantitative estimate of drug-likeness (QED) is 0.900. The van der Waals surface area contributed by atoms with Gasteiger partial charge in [-0.3, -0.25) is 4.79 Å². The van der Waals surface area contributed by atoms with Crippen LogP contribution in [0, 0.1) is 6.92 Å². The Hall–Kier alpha value is -2.60. The lowest BCUT2D eigenvalue weighted by Crippen LogP contribution is -2.40. The Kier molecular flexibility index (Phi) is 4.90. The molecule has 1 atom stereocenters. The zero-order chi connectivity index (χ0) is 17.9. The fourth-order valence-electron chi connectivity index (χ4n) is 2.91. The molecule has 0 saturated carbocycles. The molecule has 1 saturated heterocycles. The van der Waals surface area contributed by atoms with Gasteiger partial charge in [-0.1, -0.05) is 18.2 Å². The van der Waals surface area contributed by atoms with Gasteiger partial charge in [0.05, 0.1) is 13.7 Å². The van der Waals surface area contributed by atoms with E-state index in [1.54, 1.807) is 17.0 Å². The summed E-state index contributed by atoms with van der Waals surface area (Å²) in [5.41, 5.74) is 0.464. The molecule has 6 heteroatoms. The van der Waals surface area contributed by atoms with Gasteiger partial charge in [-0.25, -0.2) is 4.98 Å². The van der Waals surface area contributed by atoms with E-state index in [4.69, 9.17) is 9.47 Å². The van der Waals surface area contributed by atoms with Crippen LogP contribution < -0.4 is 9.47 Å². The SMILES string of the molecule is COc1cc(C(=O)N2CC[C@](O)(COc3ccccc3C)C2)ccn1. The summed E-state index contributed by atoms with van der Waals surface area (Å²) in [7, 11) is 1.51. The molecule has 0 aliphatic carbocycles. The summed E-state index contributed by atoms with van der Waals surface area (Å²) in [6.45, 7) is 2.83. The van der Waals surface area contributed by atoms with E-state index in [9.17, 15) is 9.90 Å². The van der Waals surface area contributed by atoms with Gasteiger partial charge >= 0.3 is 0 Å². The predicted octanol–water partition coefficient (Wildman–Crippen LogP) is 2.05. The van der Waals surface area contributed by atoms with Gasteiger partial charge in [0.25, 0.3) is 5.91 Å². The van der Waals surface area contributed by atoms with Crippen molar-refractivity contribution >= 4 is 5.91 Å². The van der Waals surface area contributed by atoms with Gasteiger partial charge in [0.2, 0.25) is 5.88 Å². The van der Waals surface area contributed by atoms with Crippen LogP contribution in [0.1, 0.15) is 22.3 Å². The van der Waals surface area contributed by atoms with Crippen LogP contribution >= 0.6 is 0 Å². The Morgan fingerprint density at radius 1 is 1.36 bits per heavy atom. The summed E-state index contributed by atoms with van der Waals surface area (Å²) in [5, 5.41) is 10.8. The number of likely N-dealkylation sites (tertiary alicyclic amines) is 1. The van der Waals surface area contributed by atoms with E-state index in [1.165, 1.54) is 13.3 Å². The first-order valence-corrected chi connectivity index (χ1v) is 8.21. The minimum atomic E-state index is -1.05. The zero-order valence-corrected chi connectivity index (χ0v) is 14.4. The lowest BCUT2D eigenvalue weighted by Gasteiger charge is -2.24. The van der Waals surface area contributed by atoms with Gasteiger partial charge in [0.15, 0.2) is 0 Å². The first-order chi connectivity index (χ1) is 12.0. The standard InChI is InChI=1S/C19H22N2O4/c1-14-5-3-4-6-16(14)25-13-19(23)8-10-21(12-19)18(22)15-7-9-20-17(11-15)24-2/h3-7,9,11,23H,8,10,12-13H2,1-2H3/t19-/m1/s1. The molecule has 132 valence electrons. The molecule has 1 aromatic carbocycles. The Balaban J connectivity index is 1.63. The molecule has 1 aliphatic heterocycles. The number of aryl methyl sites for hydroxylation is 1. The number of hydrogen-bond acceptors (Lipinski definition) is 5. The summed E-state index contributed by atoms with van der Waals surface area (Å²) in [4.78, 5) is 18.3. The second-order valence-corrected chi connectivity index (χ2v) is 6.34. The molecule has 1 fully saturated rings. The number of para-hydroxylation sites is 1. The van der Waals surface area contributed by atoms with Gasteiger partial charge < -0.3 is 19.5 Å². The highest BCUT2D eigenvalue weighted by atomic mass is 16.5. The van der Waals surface area contributed by atoms with Gasteiger partial charge in [-0.05, 0) is 31.0 Å². The van der Waals surface area contributed by atoms with Gasteiger partial charge in [-0.15, -0.1) is 0 Å². The molecule has 2 heterocycles. The van der Waals surface area contributed by atoms with E-state index in [0.717, 1.165) is 11.3 Å². The van der Waals surface area contributed by atoms with Gasteiger partial charge in [0.1, 0.15) is 18.0 Å². The Bertz CT molecular complexity index is 765. The highest BCUT2D eigenvalue weighted by Crippen LogP contribution is 2.26. The van der Waals surface area contributed by atoms with Crippen molar-refractivity contribution in [3.8, 4) is 11.6 Å². The molecular formula is C19H22N2O4. The number of amides is 1. The third kappa shape index (κ3) is 3.91. The molecule has 6 nitrogen and oxygen atoms in total. The van der Waals surface area contributed by atoms with Crippen molar-refractivity contribution in [1.29, 1.82) is 0 Å². The third-order valence-corrected chi connectivity index (χ3v) is 4.40. The fraction of sp³-hybridized carbons (Fsp3) is 0.368. The van der Waals surface area contributed by atoms with Crippen LogP contribution in [0.5, 0.6) is 11.6 Å². The molecule has 25 heavy (non-hydrogen) atoms. The average molecular weight is 342 g/mol. The normalized spacial score (nSPS) is 19.7. The number of pyridine rings is 1. The topological polar surface area (TPSA) is 71.9 Å². The predicted molar refractivity (Wildman–Crippen MR) is 92.9 cm³/mol. The van der Waals surface area contributed by atoms with Gasteiger partial charge in [0, 0.05) is 24.4 Å². The Labute approximate surface area is 147 Å². The van der Waals surface area contributed by atoms with E-state index in [0.29, 0.717) is 24.4 Å². The highest BCUT2D eigenvalue weighted by Gasteiger charge is 2.39. The number of carbonyl (C=O) groups is 1. The molecule has 1 N–H and O–H groups in total. The first kappa shape index (κ1) is 17.2. The van der Waals surface area contributed by atoms with Crippen molar-refractivity contribution < 1.29 is 19.4 Å². The second kappa shape index (κ2) is 7.11. The monoisotopic (exact) mass is 342 g/mol. The molecule has 0 bridgehead atoms. The Morgan fingerprint density at radius 3 is 2.92 bits per heavy atom. The third-order valence-electron chi connectivity index (χ3n) is 4.40. The summed E-state index contributed by atoms with van der Waals surface area (Å²) in [6.07, 6.45) is 2.02. The van der Waals surface area contributed by atoms with E-state index >= 15 is 0 Å². The molecule has 1 aromatic heterocycles. The maximum Gasteiger partial charge on any atom is 0.254 e. The molecule has 0 radical (unpaired) electrons.